The maximum Gasteiger partial charge on any atom is 0.120 e. The Kier molecular flexibility index (Phi) is 8.54. The highest BCUT2D eigenvalue weighted by Gasteiger charge is 2.06. The van der Waals surface area contributed by atoms with E-state index < -0.39 is 0 Å². The largest absolute Gasteiger partial charge is 0.493 e. The summed E-state index contributed by atoms with van der Waals surface area (Å²) in [6.07, 6.45) is 13.3. The summed E-state index contributed by atoms with van der Waals surface area (Å²) in [6.45, 7) is 3.14. The van der Waals surface area contributed by atoms with E-state index in [2.05, 4.69) is 79.8 Å². The summed E-state index contributed by atoms with van der Waals surface area (Å²) in [7, 11) is 0. The number of rotatable bonds is 11. The fourth-order valence-electron chi connectivity index (χ4n) is 3.11. The van der Waals surface area contributed by atoms with Crippen molar-refractivity contribution in [3.8, 4) is 16.2 Å². The highest BCUT2D eigenvalue weighted by Crippen LogP contribution is 2.35. The van der Waals surface area contributed by atoms with Crippen molar-refractivity contribution in [3.05, 3.63) is 78.4 Å². The number of aliphatic hydroxyl groups is 1. The van der Waals surface area contributed by atoms with E-state index in [0.717, 1.165) is 37.9 Å². The average Bonchev–Trinajstić information content (AvgIpc) is 3.18. The zero-order valence-electron chi connectivity index (χ0n) is 17.1. The lowest BCUT2D eigenvalue weighted by molar-refractivity contribution is 0.289. The third-order valence-corrected chi connectivity index (χ3v) is 5.97. The molecule has 1 heterocycles. The highest BCUT2D eigenvalue weighted by molar-refractivity contribution is 7.22. The van der Waals surface area contributed by atoms with Crippen LogP contribution >= 0.6 is 11.3 Å². The smallest absolute Gasteiger partial charge is 0.120 e. The molecule has 2 aromatic carbocycles. The van der Waals surface area contributed by atoms with Crippen molar-refractivity contribution in [3.63, 3.8) is 0 Å². The summed E-state index contributed by atoms with van der Waals surface area (Å²) in [5.74, 6) is 0.935. The Hall–Kier alpha value is -2.36. The van der Waals surface area contributed by atoms with Gasteiger partial charge in [0.2, 0.25) is 0 Å². The number of hydrogen-bond donors (Lipinski definition) is 1. The Balaban J connectivity index is 1.50. The van der Waals surface area contributed by atoms with Gasteiger partial charge in [-0.05, 0) is 72.9 Å². The fourth-order valence-corrected chi connectivity index (χ4v) is 4.21. The maximum atomic E-state index is 8.73. The molecule has 0 spiro atoms. The Labute approximate surface area is 178 Å². The molecular weight excluding hydrogens is 376 g/mol. The first kappa shape index (κ1) is 21.4. The second-order valence-electron chi connectivity index (χ2n) is 7.04. The van der Waals surface area contributed by atoms with Crippen molar-refractivity contribution in [1.82, 2.24) is 0 Å². The minimum atomic E-state index is 0.266. The van der Waals surface area contributed by atoms with E-state index >= 15 is 0 Å². The minimum Gasteiger partial charge on any atom is -0.493 e. The molecule has 0 saturated heterocycles. The SMILES string of the molecule is CCc1ccc(-c2cc3ccc(OCC/C=C/C/C=C/CCCO)cc3s2)cc1. The van der Waals surface area contributed by atoms with E-state index in [1.54, 1.807) is 0 Å². The van der Waals surface area contributed by atoms with Crippen LogP contribution in [0.15, 0.2) is 72.8 Å². The number of thiophene rings is 1. The summed E-state index contributed by atoms with van der Waals surface area (Å²) < 4.78 is 7.19. The molecule has 0 saturated carbocycles. The summed E-state index contributed by atoms with van der Waals surface area (Å²) in [6, 6.07) is 17.5. The molecule has 3 heteroatoms. The van der Waals surface area contributed by atoms with Crippen molar-refractivity contribution in [2.75, 3.05) is 13.2 Å². The van der Waals surface area contributed by atoms with Gasteiger partial charge < -0.3 is 9.84 Å². The van der Waals surface area contributed by atoms with E-state index in [1.807, 2.05) is 11.3 Å². The van der Waals surface area contributed by atoms with Crippen LogP contribution in [0.3, 0.4) is 0 Å². The predicted octanol–water partition coefficient (Wildman–Crippen LogP) is 7.17. The van der Waals surface area contributed by atoms with Crippen LogP contribution in [0, 0.1) is 0 Å². The molecule has 3 aromatic rings. The number of ether oxygens (including phenoxy) is 1. The van der Waals surface area contributed by atoms with Crippen LogP contribution in [0.5, 0.6) is 5.75 Å². The number of fused-ring (bicyclic) bond motifs is 1. The van der Waals surface area contributed by atoms with Crippen molar-refractivity contribution in [1.29, 1.82) is 0 Å². The van der Waals surface area contributed by atoms with Crippen molar-refractivity contribution in [2.45, 2.75) is 39.0 Å². The van der Waals surface area contributed by atoms with E-state index in [4.69, 9.17) is 9.84 Å². The second kappa shape index (κ2) is 11.6. The van der Waals surface area contributed by atoms with Gasteiger partial charge in [0.25, 0.3) is 0 Å². The summed E-state index contributed by atoms with van der Waals surface area (Å²) >= 11 is 1.82. The van der Waals surface area contributed by atoms with Gasteiger partial charge in [-0.15, -0.1) is 11.3 Å². The van der Waals surface area contributed by atoms with Gasteiger partial charge in [0, 0.05) is 16.2 Å². The predicted molar refractivity (Wildman–Crippen MR) is 126 cm³/mol. The van der Waals surface area contributed by atoms with Crippen LogP contribution in [0.4, 0.5) is 0 Å². The molecular formula is C26H30O2S. The van der Waals surface area contributed by atoms with Crippen molar-refractivity contribution >= 4 is 21.4 Å². The van der Waals surface area contributed by atoms with Crippen LogP contribution < -0.4 is 4.74 Å². The highest BCUT2D eigenvalue weighted by atomic mass is 32.1. The third kappa shape index (κ3) is 6.59. The number of allylic oxidation sites excluding steroid dienone is 3. The van der Waals surface area contributed by atoms with E-state index in [0.29, 0.717) is 6.61 Å². The zero-order valence-corrected chi connectivity index (χ0v) is 18.0. The maximum absolute atomic E-state index is 8.73. The third-order valence-electron chi connectivity index (χ3n) is 4.83. The first-order valence-electron chi connectivity index (χ1n) is 10.5. The van der Waals surface area contributed by atoms with Crippen LogP contribution in [0.1, 0.15) is 38.2 Å². The monoisotopic (exact) mass is 406 g/mol. The Morgan fingerprint density at radius 1 is 0.931 bits per heavy atom. The fraction of sp³-hybridized carbons (Fsp3) is 0.308. The Morgan fingerprint density at radius 3 is 2.48 bits per heavy atom. The molecule has 29 heavy (non-hydrogen) atoms. The van der Waals surface area contributed by atoms with Crippen molar-refractivity contribution < 1.29 is 9.84 Å². The Morgan fingerprint density at radius 2 is 1.72 bits per heavy atom. The van der Waals surface area contributed by atoms with Crippen LogP contribution in [-0.4, -0.2) is 18.3 Å². The second-order valence-corrected chi connectivity index (χ2v) is 8.13. The van der Waals surface area contributed by atoms with Crippen LogP contribution in [-0.2, 0) is 6.42 Å². The molecule has 3 rings (SSSR count). The molecule has 152 valence electrons. The zero-order chi connectivity index (χ0) is 20.3. The molecule has 0 aliphatic rings. The molecule has 1 N–H and O–H groups in total. The van der Waals surface area contributed by atoms with Gasteiger partial charge in [0.05, 0.1) is 6.61 Å². The number of aryl methyl sites for hydroxylation is 1. The standard InChI is InChI=1S/C26H30O2S/c1-2-21-11-13-22(14-12-21)25-19-23-15-16-24(20-26(23)29-25)28-18-10-8-6-4-3-5-7-9-17-27/h3,5-6,8,11-16,19-20,27H,2,4,7,9-10,17-18H2,1H3/b5-3+,8-6+. The van der Waals surface area contributed by atoms with Gasteiger partial charge in [-0.3, -0.25) is 0 Å². The molecule has 2 nitrogen and oxygen atoms in total. The number of hydrogen-bond acceptors (Lipinski definition) is 3. The summed E-state index contributed by atoms with van der Waals surface area (Å²) in [4.78, 5) is 1.30. The molecule has 0 atom stereocenters. The van der Waals surface area contributed by atoms with Gasteiger partial charge in [-0.1, -0.05) is 55.5 Å². The van der Waals surface area contributed by atoms with Crippen LogP contribution in [0.2, 0.25) is 0 Å². The topological polar surface area (TPSA) is 29.5 Å². The number of benzene rings is 2. The lowest BCUT2D eigenvalue weighted by atomic mass is 10.1. The normalized spacial score (nSPS) is 11.8. The van der Waals surface area contributed by atoms with E-state index in [-0.39, 0.29) is 6.61 Å². The quantitative estimate of drug-likeness (QED) is 0.270. The first-order valence-corrected chi connectivity index (χ1v) is 11.3. The molecule has 0 unspecified atom stereocenters. The Bertz CT molecular complexity index is 935. The summed E-state index contributed by atoms with van der Waals surface area (Å²) in [5, 5.41) is 10.00. The molecule has 0 amide bonds. The lowest BCUT2D eigenvalue weighted by Crippen LogP contribution is -1.94. The molecule has 1 aromatic heterocycles. The lowest BCUT2D eigenvalue weighted by Gasteiger charge is -2.04. The molecule has 0 fully saturated rings. The number of unbranched alkanes of at least 4 members (excludes halogenated alkanes) is 1. The number of aliphatic hydroxyl groups excluding tert-OH is 1. The summed E-state index contributed by atoms with van der Waals surface area (Å²) in [5.41, 5.74) is 2.65. The molecule has 0 radical (unpaired) electrons. The minimum absolute atomic E-state index is 0.266. The molecule has 0 aliphatic carbocycles. The van der Waals surface area contributed by atoms with Gasteiger partial charge in [-0.25, -0.2) is 0 Å². The van der Waals surface area contributed by atoms with Gasteiger partial charge in [0.1, 0.15) is 5.75 Å². The first-order chi connectivity index (χ1) is 14.3. The van der Waals surface area contributed by atoms with E-state index in [1.165, 1.54) is 26.1 Å². The van der Waals surface area contributed by atoms with Gasteiger partial charge >= 0.3 is 0 Å². The molecule has 0 aliphatic heterocycles. The van der Waals surface area contributed by atoms with E-state index in [9.17, 15) is 0 Å². The molecule has 0 bridgehead atoms. The van der Waals surface area contributed by atoms with Crippen molar-refractivity contribution in [2.24, 2.45) is 0 Å². The van der Waals surface area contributed by atoms with Gasteiger partial charge in [0.15, 0.2) is 0 Å². The van der Waals surface area contributed by atoms with Gasteiger partial charge in [-0.2, -0.15) is 0 Å². The average molecular weight is 407 g/mol. The van der Waals surface area contributed by atoms with Crippen LogP contribution in [0.25, 0.3) is 20.5 Å².